The highest BCUT2D eigenvalue weighted by Crippen LogP contribution is 2.38. The highest BCUT2D eigenvalue weighted by Gasteiger charge is 2.22. The Morgan fingerprint density at radius 2 is 2.40 bits per heavy atom. The monoisotopic (exact) mass is 294 g/mol. The first-order valence-corrected chi connectivity index (χ1v) is 6.71. The Balaban J connectivity index is 2.17. The first kappa shape index (κ1) is 12.9. The maximum absolute atomic E-state index is 13.4. The fraction of sp³-hybridized carbons (Fsp3) is 0.231. The SMILES string of the molecule is Cn1c2c(sc1=NCC(=O)O)COc1ccc(F)cc1-2. The van der Waals surface area contributed by atoms with E-state index in [1.165, 1.54) is 23.5 Å². The van der Waals surface area contributed by atoms with Crippen LogP contribution in [0.4, 0.5) is 4.39 Å². The zero-order chi connectivity index (χ0) is 14.3. The number of nitrogens with zero attached hydrogens (tertiary/aromatic N) is 2. The molecule has 2 heterocycles. The average molecular weight is 294 g/mol. The summed E-state index contributed by atoms with van der Waals surface area (Å²) in [5, 5.41) is 8.69. The number of carboxylic acid groups (broad SMARTS) is 1. The molecule has 0 saturated carbocycles. The molecule has 0 fully saturated rings. The molecule has 20 heavy (non-hydrogen) atoms. The van der Waals surface area contributed by atoms with Crippen molar-refractivity contribution in [3.05, 3.63) is 33.7 Å². The van der Waals surface area contributed by atoms with Crippen LogP contribution < -0.4 is 9.54 Å². The Labute approximate surface area is 117 Å². The average Bonchev–Trinajstić information content (AvgIpc) is 2.73. The summed E-state index contributed by atoms with van der Waals surface area (Å²) in [5.74, 6) is -0.702. The van der Waals surface area contributed by atoms with Gasteiger partial charge >= 0.3 is 5.97 Å². The maximum atomic E-state index is 13.4. The van der Waals surface area contributed by atoms with Gasteiger partial charge in [-0.15, -0.1) is 0 Å². The largest absolute Gasteiger partial charge is 0.487 e. The molecule has 104 valence electrons. The van der Waals surface area contributed by atoms with Gasteiger partial charge in [0.05, 0.1) is 10.6 Å². The Bertz CT molecular complexity index is 763. The van der Waals surface area contributed by atoms with E-state index < -0.39 is 5.97 Å². The summed E-state index contributed by atoms with van der Waals surface area (Å²) in [5.41, 5.74) is 1.50. The van der Waals surface area contributed by atoms with Crippen LogP contribution in [0.1, 0.15) is 4.88 Å². The molecule has 0 saturated heterocycles. The van der Waals surface area contributed by atoms with E-state index in [2.05, 4.69) is 4.99 Å². The third-order valence-electron chi connectivity index (χ3n) is 3.01. The molecule has 1 aliphatic rings. The summed E-state index contributed by atoms with van der Waals surface area (Å²) < 4.78 is 20.8. The van der Waals surface area contributed by atoms with Crippen LogP contribution in [0.5, 0.6) is 5.75 Å². The van der Waals surface area contributed by atoms with Gasteiger partial charge in [-0.3, -0.25) is 4.79 Å². The smallest absolute Gasteiger partial charge is 0.325 e. The van der Waals surface area contributed by atoms with E-state index in [0.29, 0.717) is 22.7 Å². The molecular weight excluding hydrogens is 283 g/mol. The molecule has 0 atom stereocenters. The number of fused-ring (bicyclic) bond motifs is 3. The lowest BCUT2D eigenvalue weighted by molar-refractivity contribution is -0.135. The van der Waals surface area contributed by atoms with E-state index >= 15 is 0 Å². The third kappa shape index (κ3) is 2.09. The van der Waals surface area contributed by atoms with Gasteiger partial charge in [0.1, 0.15) is 24.7 Å². The lowest BCUT2D eigenvalue weighted by Crippen LogP contribution is -2.15. The number of hydrogen-bond donors (Lipinski definition) is 1. The number of halogens is 1. The maximum Gasteiger partial charge on any atom is 0.325 e. The number of ether oxygens (including phenoxy) is 1. The van der Waals surface area contributed by atoms with Crippen molar-refractivity contribution < 1.29 is 19.0 Å². The van der Waals surface area contributed by atoms with Crippen molar-refractivity contribution in [2.24, 2.45) is 12.0 Å². The Morgan fingerprint density at radius 1 is 1.60 bits per heavy atom. The molecule has 0 aliphatic carbocycles. The topological polar surface area (TPSA) is 63.8 Å². The molecule has 3 rings (SSSR count). The Hall–Kier alpha value is -2.15. The van der Waals surface area contributed by atoms with Crippen LogP contribution in [0.25, 0.3) is 11.3 Å². The number of carboxylic acids is 1. The van der Waals surface area contributed by atoms with Gasteiger partial charge in [0, 0.05) is 12.6 Å². The van der Waals surface area contributed by atoms with Crippen LogP contribution in [0.3, 0.4) is 0 Å². The highest BCUT2D eigenvalue weighted by atomic mass is 32.1. The van der Waals surface area contributed by atoms with Gasteiger partial charge < -0.3 is 14.4 Å². The number of benzene rings is 1. The van der Waals surface area contributed by atoms with Gasteiger partial charge in [-0.2, -0.15) is 0 Å². The second kappa shape index (κ2) is 4.75. The molecule has 0 spiro atoms. The van der Waals surface area contributed by atoms with Gasteiger partial charge in [-0.1, -0.05) is 11.3 Å². The van der Waals surface area contributed by atoms with E-state index in [1.54, 1.807) is 17.7 Å². The van der Waals surface area contributed by atoms with Crippen LogP contribution >= 0.6 is 11.3 Å². The summed E-state index contributed by atoms with van der Waals surface area (Å²) in [7, 11) is 1.79. The molecule has 0 unspecified atom stereocenters. The predicted molar refractivity (Wildman–Crippen MR) is 71.1 cm³/mol. The number of aliphatic carboxylic acids is 1. The van der Waals surface area contributed by atoms with Gasteiger partial charge in [0.15, 0.2) is 4.80 Å². The van der Waals surface area contributed by atoms with Crippen molar-refractivity contribution in [1.29, 1.82) is 0 Å². The number of carbonyl (C=O) groups is 1. The van der Waals surface area contributed by atoms with E-state index in [4.69, 9.17) is 9.84 Å². The van der Waals surface area contributed by atoms with Crippen LogP contribution in [-0.2, 0) is 18.4 Å². The minimum Gasteiger partial charge on any atom is -0.487 e. The zero-order valence-electron chi connectivity index (χ0n) is 10.6. The standard InChI is InChI=1S/C13H11FN2O3S/c1-16-12-8-4-7(14)2-3-9(8)19-6-10(12)20-13(16)15-5-11(17)18/h2-4H,5-6H2,1H3,(H,17,18). The molecule has 0 amide bonds. The van der Waals surface area contributed by atoms with Gasteiger partial charge in [-0.25, -0.2) is 9.38 Å². The molecule has 5 nitrogen and oxygen atoms in total. The number of hydrogen-bond acceptors (Lipinski definition) is 4. The summed E-state index contributed by atoms with van der Waals surface area (Å²) in [6, 6.07) is 4.37. The molecule has 1 aromatic carbocycles. The zero-order valence-corrected chi connectivity index (χ0v) is 11.4. The molecule has 1 aromatic heterocycles. The summed E-state index contributed by atoms with van der Waals surface area (Å²) in [4.78, 5) is 16.1. The van der Waals surface area contributed by atoms with E-state index in [1.807, 2.05) is 0 Å². The second-order valence-electron chi connectivity index (χ2n) is 4.35. The van der Waals surface area contributed by atoms with Gasteiger partial charge in [-0.05, 0) is 18.2 Å². The summed E-state index contributed by atoms with van der Waals surface area (Å²) in [6.45, 7) is 0.0964. The van der Waals surface area contributed by atoms with Crippen molar-refractivity contribution in [3.8, 4) is 17.0 Å². The number of aromatic nitrogens is 1. The number of rotatable bonds is 2. The normalized spacial score (nSPS) is 13.6. The van der Waals surface area contributed by atoms with Crippen LogP contribution in [0.15, 0.2) is 23.2 Å². The summed E-state index contributed by atoms with van der Waals surface area (Å²) >= 11 is 1.36. The Morgan fingerprint density at radius 3 is 3.15 bits per heavy atom. The van der Waals surface area contributed by atoms with E-state index in [0.717, 1.165) is 10.6 Å². The molecule has 7 heteroatoms. The minimum absolute atomic E-state index is 0.288. The summed E-state index contributed by atoms with van der Waals surface area (Å²) in [6.07, 6.45) is 0. The van der Waals surface area contributed by atoms with Gasteiger partial charge in [0.2, 0.25) is 0 Å². The van der Waals surface area contributed by atoms with Crippen LogP contribution in [0.2, 0.25) is 0 Å². The fourth-order valence-electron chi connectivity index (χ4n) is 2.17. The van der Waals surface area contributed by atoms with Crippen molar-refractivity contribution in [1.82, 2.24) is 4.57 Å². The van der Waals surface area contributed by atoms with Gasteiger partial charge in [0.25, 0.3) is 0 Å². The quantitative estimate of drug-likeness (QED) is 0.918. The second-order valence-corrected chi connectivity index (χ2v) is 5.42. The van der Waals surface area contributed by atoms with Crippen molar-refractivity contribution >= 4 is 17.3 Å². The van der Waals surface area contributed by atoms with Crippen molar-refractivity contribution in [2.45, 2.75) is 6.61 Å². The lowest BCUT2D eigenvalue weighted by Gasteiger charge is -2.18. The highest BCUT2D eigenvalue weighted by molar-refractivity contribution is 7.09. The molecular formula is C13H11FN2O3S. The van der Waals surface area contributed by atoms with Crippen molar-refractivity contribution in [3.63, 3.8) is 0 Å². The van der Waals surface area contributed by atoms with E-state index in [-0.39, 0.29) is 12.4 Å². The van der Waals surface area contributed by atoms with E-state index in [9.17, 15) is 9.18 Å². The molecule has 0 bridgehead atoms. The molecule has 0 radical (unpaired) electrons. The molecule has 2 aromatic rings. The minimum atomic E-state index is -0.987. The molecule has 1 N–H and O–H groups in total. The molecule has 1 aliphatic heterocycles. The first-order chi connectivity index (χ1) is 9.56. The third-order valence-corrected chi connectivity index (χ3v) is 4.15. The number of thiazole rings is 1. The van der Waals surface area contributed by atoms with Crippen molar-refractivity contribution in [2.75, 3.05) is 6.54 Å². The van der Waals surface area contributed by atoms with Crippen LogP contribution in [0, 0.1) is 5.82 Å². The van der Waals surface area contributed by atoms with Crippen LogP contribution in [-0.4, -0.2) is 22.2 Å². The first-order valence-electron chi connectivity index (χ1n) is 5.90. The lowest BCUT2D eigenvalue weighted by atomic mass is 10.1. The fourth-order valence-corrected chi connectivity index (χ4v) is 3.21. The Kier molecular flexibility index (Phi) is 3.06. The predicted octanol–water partition coefficient (Wildman–Crippen LogP) is 1.77.